The van der Waals surface area contributed by atoms with Gasteiger partial charge in [0.2, 0.25) is 0 Å². The number of hydrogen-bond donors (Lipinski definition) is 3. The van der Waals surface area contributed by atoms with Gasteiger partial charge in [-0.3, -0.25) is 4.79 Å². The predicted molar refractivity (Wildman–Crippen MR) is 106 cm³/mol. The second-order valence-electron chi connectivity index (χ2n) is 6.31. The van der Waals surface area contributed by atoms with Gasteiger partial charge < -0.3 is 16.4 Å². The molecule has 4 rings (SSSR count). The highest BCUT2D eigenvalue weighted by molar-refractivity contribution is 6.05. The van der Waals surface area contributed by atoms with E-state index < -0.39 is 0 Å². The molecule has 0 saturated carbocycles. The number of carbonyl (C=O) groups is 1. The lowest BCUT2D eigenvalue weighted by Crippen LogP contribution is -2.38. The van der Waals surface area contributed by atoms with Gasteiger partial charge in [0.1, 0.15) is 5.82 Å². The Hall–Kier alpha value is -3.53. The molecular formula is C22H19N3O. The Balaban J connectivity index is 1.89. The average molecular weight is 341 g/mol. The van der Waals surface area contributed by atoms with E-state index in [0.29, 0.717) is 23.5 Å². The third-order valence-electron chi connectivity index (χ3n) is 4.61. The molecule has 0 unspecified atom stereocenters. The van der Waals surface area contributed by atoms with Crippen molar-refractivity contribution in [2.45, 2.75) is 6.42 Å². The van der Waals surface area contributed by atoms with Crippen LogP contribution in [0, 0.1) is 0 Å². The summed E-state index contributed by atoms with van der Waals surface area (Å²) in [6.07, 6.45) is 0.434. The molecule has 1 aliphatic heterocycles. The molecule has 4 N–H and O–H groups in total. The number of nitrogens with two attached hydrogens (primary N) is 1. The van der Waals surface area contributed by atoms with Crippen LogP contribution in [0.3, 0.4) is 0 Å². The maximum atomic E-state index is 12.7. The highest BCUT2D eigenvalue weighted by Gasteiger charge is 2.24. The molecule has 0 saturated heterocycles. The van der Waals surface area contributed by atoms with E-state index in [2.05, 4.69) is 17.2 Å². The van der Waals surface area contributed by atoms with Gasteiger partial charge in [-0.05, 0) is 28.0 Å². The normalized spacial score (nSPS) is 14.3. The van der Waals surface area contributed by atoms with Crippen LogP contribution in [0.5, 0.6) is 0 Å². The van der Waals surface area contributed by atoms with Crippen molar-refractivity contribution in [1.29, 1.82) is 0 Å². The molecule has 4 heteroatoms. The van der Waals surface area contributed by atoms with E-state index in [-0.39, 0.29) is 5.91 Å². The molecule has 1 heterocycles. The summed E-state index contributed by atoms with van der Waals surface area (Å²) in [7, 11) is 0. The largest absolute Gasteiger partial charge is 0.398 e. The van der Waals surface area contributed by atoms with E-state index in [1.165, 1.54) is 0 Å². The quantitative estimate of drug-likeness (QED) is 0.638. The highest BCUT2D eigenvalue weighted by Crippen LogP contribution is 2.30. The van der Waals surface area contributed by atoms with E-state index >= 15 is 0 Å². The van der Waals surface area contributed by atoms with Crippen molar-refractivity contribution in [3.05, 3.63) is 95.8 Å². The smallest absolute Gasteiger partial charge is 0.255 e. The van der Waals surface area contributed by atoms with Crippen LogP contribution in [0.2, 0.25) is 0 Å². The second-order valence-corrected chi connectivity index (χ2v) is 6.31. The van der Waals surface area contributed by atoms with Gasteiger partial charge in [0.15, 0.2) is 0 Å². The van der Waals surface area contributed by atoms with E-state index in [0.717, 1.165) is 27.6 Å². The number of hydrogen-bond acceptors (Lipinski definition) is 3. The van der Waals surface area contributed by atoms with Crippen LogP contribution < -0.4 is 16.4 Å². The molecular weight excluding hydrogens is 322 g/mol. The van der Waals surface area contributed by atoms with Gasteiger partial charge in [-0.25, -0.2) is 0 Å². The zero-order valence-corrected chi connectivity index (χ0v) is 14.3. The van der Waals surface area contributed by atoms with Crippen molar-refractivity contribution in [3.63, 3.8) is 0 Å². The number of fused-ring (bicyclic) bond motifs is 1. The minimum absolute atomic E-state index is 0.153. The molecule has 0 aliphatic carbocycles. The van der Waals surface area contributed by atoms with Gasteiger partial charge in [-0.1, -0.05) is 67.2 Å². The fourth-order valence-electron chi connectivity index (χ4n) is 3.33. The lowest BCUT2D eigenvalue weighted by atomic mass is 9.93. The van der Waals surface area contributed by atoms with Crippen LogP contribution in [0.1, 0.15) is 11.1 Å². The van der Waals surface area contributed by atoms with E-state index in [1.807, 2.05) is 66.7 Å². The second kappa shape index (κ2) is 6.41. The van der Waals surface area contributed by atoms with Gasteiger partial charge in [-0.15, -0.1) is 0 Å². The fourth-order valence-corrected chi connectivity index (χ4v) is 3.33. The Kier molecular flexibility index (Phi) is 3.93. The standard InChI is InChI=1S/C22H19N3O/c1-14-24-21(16-8-3-2-4-9-16)19(22(26)25-14)13-18-17-10-6-5-7-15(17)11-12-20(18)23/h2-12,24H,1,13,23H2,(H,25,26). The molecule has 0 bridgehead atoms. The molecule has 1 amide bonds. The minimum Gasteiger partial charge on any atom is -0.398 e. The Morgan fingerprint density at radius 2 is 1.62 bits per heavy atom. The molecule has 26 heavy (non-hydrogen) atoms. The van der Waals surface area contributed by atoms with Crippen molar-refractivity contribution in [2.24, 2.45) is 0 Å². The summed E-state index contributed by atoms with van der Waals surface area (Å²) < 4.78 is 0. The summed E-state index contributed by atoms with van der Waals surface area (Å²) in [6, 6.07) is 21.8. The van der Waals surface area contributed by atoms with Gasteiger partial charge >= 0.3 is 0 Å². The molecule has 0 atom stereocenters. The maximum absolute atomic E-state index is 12.7. The van der Waals surface area contributed by atoms with Gasteiger partial charge in [0.25, 0.3) is 5.91 Å². The van der Waals surface area contributed by atoms with Crippen LogP contribution in [0.25, 0.3) is 16.5 Å². The summed E-state index contributed by atoms with van der Waals surface area (Å²) in [5.41, 5.74) is 10.3. The number of amides is 1. The van der Waals surface area contributed by atoms with Crippen molar-refractivity contribution in [2.75, 3.05) is 5.73 Å². The number of rotatable bonds is 3. The van der Waals surface area contributed by atoms with Crippen LogP contribution in [-0.4, -0.2) is 5.91 Å². The Morgan fingerprint density at radius 3 is 2.42 bits per heavy atom. The lowest BCUT2D eigenvalue weighted by Gasteiger charge is -2.25. The van der Waals surface area contributed by atoms with E-state index in [4.69, 9.17) is 5.73 Å². The summed E-state index contributed by atoms with van der Waals surface area (Å²) >= 11 is 0. The first-order chi connectivity index (χ1) is 12.6. The number of benzene rings is 3. The number of nitrogens with one attached hydrogen (secondary N) is 2. The molecule has 0 aromatic heterocycles. The van der Waals surface area contributed by atoms with Crippen LogP contribution in [0.4, 0.5) is 5.69 Å². The molecule has 1 aliphatic rings. The topological polar surface area (TPSA) is 67.2 Å². The lowest BCUT2D eigenvalue weighted by molar-refractivity contribution is -0.117. The first-order valence-corrected chi connectivity index (χ1v) is 8.45. The van der Waals surface area contributed by atoms with Crippen molar-refractivity contribution >= 4 is 28.1 Å². The monoisotopic (exact) mass is 341 g/mol. The van der Waals surface area contributed by atoms with Crippen molar-refractivity contribution in [1.82, 2.24) is 10.6 Å². The number of anilines is 1. The molecule has 0 spiro atoms. The maximum Gasteiger partial charge on any atom is 0.255 e. The third-order valence-corrected chi connectivity index (χ3v) is 4.61. The molecule has 0 fully saturated rings. The Morgan fingerprint density at radius 1 is 0.885 bits per heavy atom. The molecule has 128 valence electrons. The molecule has 3 aromatic carbocycles. The fraction of sp³-hybridized carbons (Fsp3) is 0.0455. The summed E-state index contributed by atoms with van der Waals surface area (Å²) in [5.74, 6) is 0.323. The minimum atomic E-state index is -0.153. The van der Waals surface area contributed by atoms with Crippen molar-refractivity contribution in [3.8, 4) is 0 Å². The van der Waals surface area contributed by atoms with Gasteiger partial charge in [0.05, 0.1) is 5.70 Å². The SMILES string of the molecule is C=C1NC(=O)C(Cc2c(N)ccc3ccccc23)=C(c2ccccc2)N1. The Bertz CT molecular complexity index is 1050. The molecule has 3 aromatic rings. The first kappa shape index (κ1) is 16.0. The van der Waals surface area contributed by atoms with Crippen LogP contribution >= 0.6 is 0 Å². The van der Waals surface area contributed by atoms with E-state index in [1.54, 1.807) is 0 Å². The summed E-state index contributed by atoms with van der Waals surface area (Å²) in [4.78, 5) is 12.7. The predicted octanol–water partition coefficient (Wildman–Crippen LogP) is 3.57. The zero-order chi connectivity index (χ0) is 18.1. The summed E-state index contributed by atoms with van der Waals surface area (Å²) in [6.45, 7) is 3.85. The first-order valence-electron chi connectivity index (χ1n) is 8.45. The van der Waals surface area contributed by atoms with E-state index in [9.17, 15) is 4.79 Å². The molecule has 4 nitrogen and oxygen atoms in total. The zero-order valence-electron chi connectivity index (χ0n) is 14.3. The number of nitrogen functional groups attached to an aromatic ring is 1. The molecule has 0 radical (unpaired) electrons. The number of carbonyl (C=O) groups excluding carboxylic acids is 1. The summed E-state index contributed by atoms with van der Waals surface area (Å²) in [5, 5.41) is 8.15. The Labute approximate surface area is 152 Å². The highest BCUT2D eigenvalue weighted by atomic mass is 16.2. The van der Waals surface area contributed by atoms with Gasteiger partial charge in [0, 0.05) is 17.7 Å². The third kappa shape index (κ3) is 2.82. The average Bonchev–Trinajstić information content (AvgIpc) is 2.66. The van der Waals surface area contributed by atoms with Crippen LogP contribution in [-0.2, 0) is 11.2 Å². The van der Waals surface area contributed by atoms with Crippen LogP contribution in [0.15, 0.2) is 84.7 Å². The van der Waals surface area contributed by atoms with Crippen molar-refractivity contribution < 1.29 is 4.79 Å². The van der Waals surface area contributed by atoms with Gasteiger partial charge in [-0.2, -0.15) is 0 Å².